The first kappa shape index (κ1) is 12.5. The minimum absolute atomic E-state index is 0.519. The molecule has 1 aliphatic heterocycles. The highest BCUT2D eigenvalue weighted by Gasteiger charge is 2.17. The molecule has 1 aliphatic rings. The van der Waals surface area contributed by atoms with Gasteiger partial charge in [-0.15, -0.1) is 0 Å². The Morgan fingerprint density at radius 1 is 1.40 bits per heavy atom. The molecule has 0 radical (unpaired) electrons. The summed E-state index contributed by atoms with van der Waals surface area (Å²) in [6, 6.07) is 0. The van der Waals surface area contributed by atoms with Crippen molar-refractivity contribution in [1.82, 2.24) is 9.78 Å². The van der Waals surface area contributed by atoms with Gasteiger partial charge in [-0.1, -0.05) is 6.42 Å². The summed E-state index contributed by atoms with van der Waals surface area (Å²) in [4.78, 5) is 0. The first-order chi connectivity index (χ1) is 7.33. The van der Waals surface area contributed by atoms with E-state index in [-0.39, 0.29) is 0 Å². The monoisotopic (exact) mass is 450 g/mol. The van der Waals surface area contributed by atoms with Crippen LogP contribution in [0.2, 0.25) is 0 Å². The molecule has 2 heterocycles. The Bertz CT molecular complexity index is 343. The number of hydrogen-bond donors (Lipinski definition) is 0. The first-order valence-electron chi connectivity index (χ1n) is 5.04. The molecule has 0 N–H and O–H groups in total. The van der Waals surface area contributed by atoms with Gasteiger partial charge < -0.3 is 4.52 Å². The standard InChI is InChI=1S/C9H13I2N2OP/c10-9-7(6-14-15-11)12-13-5-3-1-2-4-8(9)13/h15H,1-6H2. The fourth-order valence-electron chi connectivity index (χ4n) is 1.87. The predicted octanol–water partition coefficient (Wildman–Crippen LogP) is 3.67. The zero-order valence-electron chi connectivity index (χ0n) is 8.30. The van der Waals surface area contributed by atoms with E-state index in [0.717, 1.165) is 12.2 Å². The molecule has 1 aromatic heterocycles. The SMILES string of the molecule is IPOCc1nn2c(c1I)CCCCC2. The molecule has 6 heteroatoms. The average molecular weight is 450 g/mol. The molecular weight excluding hydrogens is 437 g/mol. The summed E-state index contributed by atoms with van der Waals surface area (Å²) in [5.41, 5.74) is 2.54. The van der Waals surface area contributed by atoms with Crippen molar-refractivity contribution >= 4 is 51.1 Å². The van der Waals surface area contributed by atoms with Gasteiger partial charge in [0, 0.05) is 6.54 Å². The van der Waals surface area contributed by atoms with Gasteiger partial charge in [0.25, 0.3) is 0 Å². The van der Waals surface area contributed by atoms with E-state index >= 15 is 0 Å². The lowest BCUT2D eigenvalue weighted by atomic mass is 10.2. The van der Waals surface area contributed by atoms with Crippen LogP contribution in [0.5, 0.6) is 0 Å². The third-order valence-corrected chi connectivity index (χ3v) is 5.04. The minimum atomic E-state index is 0.519. The van der Waals surface area contributed by atoms with Crippen LogP contribution in [-0.4, -0.2) is 9.78 Å². The molecule has 84 valence electrons. The van der Waals surface area contributed by atoms with Crippen molar-refractivity contribution in [2.45, 2.75) is 38.8 Å². The van der Waals surface area contributed by atoms with Crippen molar-refractivity contribution in [1.29, 1.82) is 0 Å². The van der Waals surface area contributed by atoms with Crippen LogP contribution < -0.4 is 0 Å². The topological polar surface area (TPSA) is 27.1 Å². The molecule has 0 aromatic carbocycles. The maximum absolute atomic E-state index is 5.44. The van der Waals surface area contributed by atoms with Gasteiger partial charge in [0.2, 0.25) is 0 Å². The second-order valence-electron chi connectivity index (χ2n) is 3.61. The third kappa shape index (κ3) is 3.04. The van der Waals surface area contributed by atoms with Crippen molar-refractivity contribution in [2.75, 3.05) is 0 Å². The number of aromatic nitrogens is 2. The Morgan fingerprint density at radius 2 is 2.27 bits per heavy atom. The summed E-state index contributed by atoms with van der Waals surface area (Å²) >= 11 is 4.66. The third-order valence-electron chi connectivity index (χ3n) is 2.61. The number of fused-ring (bicyclic) bond motifs is 1. The molecular formula is C9H13I2N2OP. The number of nitrogens with zero attached hydrogens (tertiary/aromatic N) is 2. The van der Waals surface area contributed by atoms with Crippen LogP contribution in [0.4, 0.5) is 0 Å². The van der Waals surface area contributed by atoms with Gasteiger partial charge in [-0.3, -0.25) is 4.68 Å². The maximum atomic E-state index is 5.44. The number of aryl methyl sites for hydroxylation is 1. The Hall–Kier alpha value is 1.06. The molecule has 0 saturated carbocycles. The van der Waals surface area contributed by atoms with Gasteiger partial charge in [0.15, 0.2) is 0 Å². The lowest BCUT2D eigenvalue weighted by molar-refractivity contribution is 0.350. The van der Waals surface area contributed by atoms with Crippen molar-refractivity contribution < 1.29 is 4.52 Å². The number of rotatable bonds is 3. The van der Waals surface area contributed by atoms with Gasteiger partial charge in [0.1, 0.15) is 5.69 Å². The molecule has 2 rings (SSSR count). The number of hydrogen-bond acceptors (Lipinski definition) is 2. The molecule has 0 bridgehead atoms. The highest BCUT2D eigenvalue weighted by molar-refractivity contribution is 14.2. The highest BCUT2D eigenvalue weighted by Crippen LogP contribution is 2.27. The average Bonchev–Trinajstić information content (AvgIpc) is 2.44. The van der Waals surface area contributed by atoms with Crippen LogP contribution in [0, 0.1) is 3.57 Å². The second kappa shape index (κ2) is 6.12. The van der Waals surface area contributed by atoms with Crippen LogP contribution in [0.25, 0.3) is 0 Å². The molecule has 3 nitrogen and oxygen atoms in total. The fraction of sp³-hybridized carbons (Fsp3) is 0.667. The van der Waals surface area contributed by atoms with Gasteiger partial charge in [-0.2, -0.15) is 5.10 Å². The van der Waals surface area contributed by atoms with Crippen LogP contribution in [0.15, 0.2) is 0 Å². The molecule has 15 heavy (non-hydrogen) atoms. The molecule has 0 aliphatic carbocycles. The molecule has 1 aromatic rings. The van der Waals surface area contributed by atoms with Crippen molar-refractivity contribution in [3.8, 4) is 0 Å². The lowest BCUT2D eigenvalue weighted by Gasteiger charge is -2.00. The normalized spacial score (nSPS) is 16.9. The van der Waals surface area contributed by atoms with Crippen molar-refractivity contribution in [2.24, 2.45) is 0 Å². The maximum Gasteiger partial charge on any atom is 0.102 e. The predicted molar refractivity (Wildman–Crippen MR) is 79.6 cm³/mol. The summed E-state index contributed by atoms with van der Waals surface area (Å²) in [5, 5.41) is 4.63. The van der Waals surface area contributed by atoms with Crippen LogP contribution in [-0.2, 0) is 24.1 Å². The molecule has 1 unspecified atom stereocenters. The first-order valence-corrected chi connectivity index (χ1v) is 10.1. The van der Waals surface area contributed by atoms with E-state index in [9.17, 15) is 0 Å². The van der Waals surface area contributed by atoms with Crippen LogP contribution in [0.3, 0.4) is 0 Å². The summed E-state index contributed by atoms with van der Waals surface area (Å²) in [5.74, 6) is 0. The lowest BCUT2D eigenvalue weighted by Crippen LogP contribution is -2.02. The Morgan fingerprint density at radius 3 is 3.07 bits per heavy atom. The number of halogens is 2. The molecule has 1 atom stereocenters. The zero-order chi connectivity index (χ0) is 10.7. The van der Waals surface area contributed by atoms with E-state index in [1.165, 1.54) is 34.9 Å². The van der Waals surface area contributed by atoms with Gasteiger partial charge in [0.05, 0.1) is 22.3 Å². The van der Waals surface area contributed by atoms with Gasteiger partial charge in [-0.05, 0) is 63.9 Å². The van der Waals surface area contributed by atoms with E-state index in [1.807, 2.05) is 0 Å². The molecule has 0 saturated heterocycles. The van der Waals surface area contributed by atoms with E-state index in [4.69, 9.17) is 4.52 Å². The summed E-state index contributed by atoms with van der Waals surface area (Å²) in [6.07, 6.45) is 5.08. The summed E-state index contributed by atoms with van der Waals surface area (Å²) in [7, 11) is 0. The van der Waals surface area contributed by atoms with E-state index in [1.54, 1.807) is 0 Å². The van der Waals surface area contributed by atoms with E-state index in [0.29, 0.717) is 13.1 Å². The van der Waals surface area contributed by atoms with Gasteiger partial charge in [-0.25, -0.2) is 0 Å². The quantitative estimate of drug-likeness (QED) is 0.520. The highest BCUT2D eigenvalue weighted by atomic mass is 127. The molecule has 0 amide bonds. The van der Waals surface area contributed by atoms with Gasteiger partial charge >= 0.3 is 0 Å². The Balaban J connectivity index is 2.19. The second-order valence-corrected chi connectivity index (χ2v) is 6.45. The fourth-order valence-corrected chi connectivity index (χ4v) is 3.34. The van der Waals surface area contributed by atoms with Crippen LogP contribution in [0.1, 0.15) is 30.7 Å². The smallest absolute Gasteiger partial charge is 0.102 e. The van der Waals surface area contributed by atoms with Crippen LogP contribution >= 0.6 is 51.1 Å². The summed E-state index contributed by atoms with van der Waals surface area (Å²) in [6.45, 7) is 2.27. The van der Waals surface area contributed by atoms with Crippen molar-refractivity contribution in [3.05, 3.63) is 15.0 Å². The zero-order valence-corrected chi connectivity index (χ0v) is 13.6. The Labute approximate surface area is 118 Å². The molecule has 0 fully saturated rings. The molecule has 0 spiro atoms. The van der Waals surface area contributed by atoms with E-state index < -0.39 is 0 Å². The van der Waals surface area contributed by atoms with E-state index in [2.05, 4.69) is 54.4 Å². The van der Waals surface area contributed by atoms with Crippen molar-refractivity contribution in [3.63, 3.8) is 0 Å². The summed E-state index contributed by atoms with van der Waals surface area (Å²) < 4.78 is 8.95. The minimum Gasteiger partial charge on any atom is -0.345 e. The largest absolute Gasteiger partial charge is 0.345 e. The Kier molecular flexibility index (Phi) is 5.10.